The summed E-state index contributed by atoms with van der Waals surface area (Å²) in [6, 6.07) is 0.00609. The molecule has 2 aliphatic rings. The van der Waals surface area contributed by atoms with Gasteiger partial charge in [-0.1, -0.05) is 40.0 Å². The quantitative estimate of drug-likeness (QED) is 0.863. The van der Waals surface area contributed by atoms with Crippen LogP contribution in [0.3, 0.4) is 0 Å². The van der Waals surface area contributed by atoms with Gasteiger partial charge in [-0.25, -0.2) is 0 Å². The van der Waals surface area contributed by atoms with Gasteiger partial charge in [0, 0.05) is 25.6 Å². The summed E-state index contributed by atoms with van der Waals surface area (Å²) >= 11 is 0. The van der Waals surface area contributed by atoms with Crippen LogP contribution in [-0.2, 0) is 4.79 Å². The summed E-state index contributed by atoms with van der Waals surface area (Å²) in [7, 11) is 0. The summed E-state index contributed by atoms with van der Waals surface area (Å²) in [5.41, 5.74) is 6.36. The summed E-state index contributed by atoms with van der Waals surface area (Å²) in [4.78, 5) is 14.5. The zero-order valence-electron chi connectivity index (χ0n) is 13.5. The van der Waals surface area contributed by atoms with Gasteiger partial charge in [0.2, 0.25) is 5.91 Å². The van der Waals surface area contributed by atoms with Crippen LogP contribution < -0.4 is 5.73 Å². The zero-order chi connectivity index (χ0) is 14.8. The lowest BCUT2D eigenvalue weighted by atomic mass is 9.75. The Morgan fingerprint density at radius 3 is 2.50 bits per heavy atom. The van der Waals surface area contributed by atoms with E-state index >= 15 is 0 Å². The second-order valence-corrected chi connectivity index (χ2v) is 8.16. The second kappa shape index (κ2) is 6.46. The predicted octanol–water partition coefficient (Wildman–Crippen LogP) is 3.18. The number of nitrogens with zero attached hydrogens (tertiary/aromatic N) is 1. The number of carbonyl (C=O) groups excluding carboxylic acids is 1. The van der Waals surface area contributed by atoms with Crippen molar-refractivity contribution in [2.24, 2.45) is 23.0 Å². The van der Waals surface area contributed by atoms with Gasteiger partial charge in [-0.05, 0) is 36.5 Å². The maximum absolute atomic E-state index is 12.4. The van der Waals surface area contributed by atoms with E-state index in [0.29, 0.717) is 6.42 Å². The summed E-state index contributed by atoms with van der Waals surface area (Å²) < 4.78 is 0. The molecule has 3 heteroatoms. The standard InChI is InChI=1S/C17H32N2O/c1-17(2,3)11-15(18)10-16(20)19-9-8-13-6-4-5-7-14(13)12-19/h13-15H,4-12,18H2,1-3H3. The molecular formula is C17H32N2O. The SMILES string of the molecule is CC(C)(C)CC(N)CC(=O)N1CCC2CCCCC2C1. The van der Waals surface area contributed by atoms with Crippen molar-refractivity contribution < 1.29 is 4.79 Å². The maximum atomic E-state index is 12.4. The first-order valence-electron chi connectivity index (χ1n) is 8.38. The monoisotopic (exact) mass is 280 g/mol. The second-order valence-electron chi connectivity index (χ2n) is 8.16. The number of hydrogen-bond donors (Lipinski definition) is 1. The number of fused-ring (bicyclic) bond motifs is 1. The predicted molar refractivity (Wildman–Crippen MR) is 83.3 cm³/mol. The Morgan fingerprint density at radius 2 is 1.85 bits per heavy atom. The van der Waals surface area contributed by atoms with Crippen LogP contribution in [0.25, 0.3) is 0 Å². The van der Waals surface area contributed by atoms with Gasteiger partial charge in [0.05, 0.1) is 0 Å². The lowest BCUT2D eigenvalue weighted by Crippen LogP contribution is -2.46. The Morgan fingerprint density at radius 1 is 1.20 bits per heavy atom. The van der Waals surface area contributed by atoms with Crippen LogP contribution >= 0.6 is 0 Å². The molecule has 2 rings (SSSR count). The molecule has 116 valence electrons. The summed E-state index contributed by atoms with van der Waals surface area (Å²) in [6.45, 7) is 8.51. The van der Waals surface area contributed by atoms with Gasteiger partial charge in [0.1, 0.15) is 0 Å². The molecule has 1 aliphatic heterocycles. The molecule has 0 spiro atoms. The molecule has 0 bridgehead atoms. The minimum atomic E-state index is 0.00609. The number of hydrogen-bond acceptors (Lipinski definition) is 2. The van der Waals surface area contributed by atoms with Crippen LogP contribution in [0.5, 0.6) is 0 Å². The van der Waals surface area contributed by atoms with E-state index in [9.17, 15) is 4.79 Å². The van der Waals surface area contributed by atoms with E-state index in [-0.39, 0.29) is 17.4 Å². The van der Waals surface area contributed by atoms with Crippen molar-refractivity contribution in [3.8, 4) is 0 Å². The van der Waals surface area contributed by atoms with Gasteiger partial charge < -0.3 is 10.6 Å². The van der Waals surface area contributed by atoms with Crippen molar-refractivity contribution in [2.45, 2.75) is 71.8 Å². The molecule has 3 atom stereocenters. The molecule has 20 heavy (non-hydrogen) atoms. The summed E-state index contributed by atoms with van der Waals surface area (Å²) in [5.74, 6) is 1.93. The van der Waals surface area contributed by atoms with Gasteiger partial charge >= 0.3 is 0 Å². The summed E-state index contributed by atoms with van der Waals surface area (Å²) in [6.07, 6.45) is 8.11. The van der Waals surface area contributed by atoms with E-state index in [1.807, 2.05) is 0 Å². The Bertz CT molecular complexity index is 334. The Hall–Kier alpha value is -0.570. The molecule has 2 fully saturated rings. The average Bonchev–Trinajstić information content (AvgIpc) is 2.35. The fraction of sp³-hybridized carbons (Fsp3) is 0.941. The van der Waals surface area contributed by atoms with E-state index in [1.54, 1.807) is 0 Å². The lowest BCUT2D eigenvalue weighted by molar-refractivity contribution is -0.134. The van der Waals surface area contributed by atoms with Crippen molar-refractivity contribution >= 4 is 5.91 Å². The average molecular weight is 280 g/mol. The van der Waals surface area contributed by atoms with Crippen molar-refractivity contribution in [1.82, 2.24) is 4.90 Å². The third kappa shape index (κ3) is 4.47. The van der Waals surface area contributed by atoms with E-state index in [1.165, 1.54) is 32.1 Å². The minimum absolute atomic E-state index is 0.00609. The van der Waals surface area contributed by atoms with Crippen LogP contribution in [-0.4, -0.2) is 29.9 Å². The molecule has 1 saturated heterocycles. The summed E-state index contributed by atoms with van der Waals surface area (Å²) in [5, 5.41) is 0. The molecule has 2 N–H and O–H groups in total. The lowest BCUT2D eigenvalue weighted by Gasteiger charge is -2.41. The van der Waals surface area contributed by atoms with E-state index < -0.39 is 0 Å². The molecule has 1 aliphatic carbocycles. The van der Waals surface area contributed by atoms with Gasteiger partial charge in [-0.15, -0.1) is 0 Å². The van der Waals surface area contributed by atoms with Crippen molar-refractivity contribution in [3.05, 3.63) is 0 Å². The number of amides is 1. The van der Waals surface area contributed by atoms with Crippen LogP contribution in [0.1, 0.15) is 65.7 Å². The molecule has 1 amide bonds. The Balaban J connectivity index is 1.81. The first-order valence-corrected chi connectivity index (χ1v) is 8.38. The molecule has 1 heterocycles. The highest BCUT2D eigenvalue weighted by molar-refractivity contribution is 5.77. The Kier molecular flexibility index (Phi) is 5.11. The number of rotatable bonds is 3. The van der Waals surface area contributed by atoms with Gasteiger partial charge in [-0.2, -0.15) is 0 Å². The molecular weight excluding hydrogens is 248 g/mol. The van der Waals surface area contributed by atoms with Crippen molar-refractivity contribution in [1.29, 1.82) is 0 Å². The van der Waals surface area contributed by atoms with Crippen molar-refractivity contribution in [3.63, 3.8) is 0 Å². The van der Waals surface area contributed by atoms with Gasteiger partial charge in [-0.3, -0.25) is 4.79 Å². The fourth-order valence-corrected chi connectivity index (χ4v) is 4.04. The molecule has 0 aromatic rings. The third-order valence-corrected chi connectivity index (χ3v) is 4.96. The van der Waals surface area contributed by atoms with Crippen LogP contribution in [0.15, 0.2) is 0 Å². The maximum Gasteiger partial charge on any atom is 0.224 e. The molecule has 0 radical (unpaired) electrons. The van der Waals surface area contributed by atoms with Crippen molar-refractivity contribution in [2.75, 3.05) is 13.1 Å². The van der Waals surface area contributed by atoms with Gasteiger partial charge in [0.25, 0.3) is 0 Å². The normalized spacial score (nSPS) is 28.9. The topological polar surface area (TPSA) is 46.3 Å². The highest BCUT2D eigenvalue weighted by Crippen LogP contribution is 2.36. The molecule has 3 nitrogen and oxygen atoms in total. The fourth-order valence-electron chi connectivity index (χ4n) is 4.04. The molecule has 0 aromatic carbocycles. The highest BCUT2D eigenvalue weighted by Gasteiger charge is 2.33. The molecule has 0 aromatic heterocycles. The number of likely N-dealkylation sites (tertiary alicyclic amines) is 1. The van der Waals surface area contributed by atoms with E-state index in [4.69, 9.17) is 5.73 Å². The molecule has 1 saturated carbocycles. The molecule has 3 unspecified atom stereocenters. The zero-order valence-corrected chi connectivity index (χ0v) is 13.5. The Labute approximate surface area is 124 Å². The highest BCUT2D eigenvalue weighted by atomic mass is 16.2. The van der Waals surface area contributed by atoms with Crippen LogP contribution in [0.2, 0.25) is 0 Å². The van der Waals surface area contributed by atoms with E-state index in [0.717, 1.165) is 31.3 Å². The number of carbonyl (C=O) groups is 1. The first kappa shape index (κ1) is 15.8. The number of piperidine rings is 1. The largest absolute Gasteiger partial charge is 0.342 e. The third-order valence-electron chi connectivity index (χ3n) is 4.96. The van der Waals surface area contributed by atoms with Gasteiger partial charge in [0.15, 0.2) is 0 Å². The minimum Gasteiger partial charge on any atom is -0.342 e. The van der Waals surface area contributed by atoms with E-state index in [2.05, 4.69) is 25.7 Å². The van der Waals surface area contributed by atoms with Crippen LogP contribution in [0.4, 0.5) is 0 Å². The first-order chi connectivity index (χ1) is 9.35. The number of nitrogens with two attached hydrogens (primary N) is 1. The smallest absolute Gasteiger partial charge is 0.224 e. The van der Waals surface area contributed by atoms with Crippen LogP contribution in [0, 0.1) is 17.3 Å².